The highest BCUT2D eigenvalue weighted by Crippen LogP contribution is 2.28. The molecule has 4 rings (SSSR count). The number of hydrogen-bond donors (Lipinski definition) is 2. The van der Waals surface area contributed by atoms with Gasteiger partial charge in [-0.05, 0) is 37.6 Å². The molecule has 5 nitrogen and oxygen atoms in total. The van der Waals surface area contributed by atoms with Gasteiger partial charge in [0.25, 0.3) is 0 Å². The molecular formula is C19H20N4O. The highest BCUT2D eigenvalue weighted by molar-refractivity contribution is 5.83. The highest BCUT2D eigenvalue weighted by Gasteiger charge is 2.18. The zero-order valence-electron chi connectivity index (χ0n) is 13.8. The molecule has 0 bridgehead atoms. The first-order chi connectivity index (χ1) is 11.6. The SMILES string of the molecule is Cc1noc(C)c1C1=CN(Cc2cccc3[nH]ccc23)CC(N)=C1. The van der Waals surface area contributed by atoms with Crippen LogP contribution in [0.4, 0.5) is 0 Å². The summed E-state index contributed by atoms with van der Waals surface area (Å²) in [5.74, 6) is 0.817. The van der Waals surface area contributed by atoms with E-state index >= 15 is 0 Å². The molecule has 3 N–H and O–H groups in total. The fourth-order valence-corrected chi connectivity index (χ4v) is 3.40. The number of aromatic nitrogens is 2. The van der Waals surface area contributed by atoms with Crippen LogP contribution < -0.4 is 5.73 Å². The maximum absolute atomic E-state index is 6.19. The number of hydrogen-bond acceptors (Lipinski definition) is 4. The quantitative estimate of drug-likeness (QED) is 0.775. The Labute approximate surface area is 140 Å². The van der Waals surface area contributed by atoms with Crippen molar-refractivity contribution in [3.63, 3.8) is 0 Å². The number of benzene rings is 1. The molecule has 0 amide bonds. The smallest absolute Gasteiger partial charge is 0.141 e. The van der Waals surface area contributed by atoms with E-state index in [0.717, 1.165) is 40.3 Å². The van der Waals surface area contributed by atoms with E-state index in [4.69, 9.17) is 10.3 Å². The lowest BCUT2D eigenvalue weighted by Crippen LogP contribution is -2.26. The van der Waals surface area contributed by atoms with Crippen LogP contribution in [0.3, 0.4) is 0 Å². The van der Waals surface area contributed by atoms with E-state index in [0.29, 0.717) is 6.54 Å². The lowest BCUT2D eigenvalue weighted by Gasteiger charge is -2.26. The number of nitrogens with one attached hydrogen (secondary N) is 1. The Morgan fingerprint density at radius 3 is 2.96 bits per heavy atom. The first kappa shape index (κ1) is 14.6. The van der Waals surface area contributed by atoms with Crippen molar-refractivity contribution in [2.75, 3.05) is 6.54 Å². The minimum atomic E-state index is 0.716. The lowest BCUT2D eigenvalue weighted by atomic mass is 10.0. The molecule has 24 heavy (non-hydrogen) atoms. The van der Waals surface area contributed by atoms with E-state index in [9.17, 15) is 0 Å². The van der Waals surface area contributed by atoms with Gasteiger partial charge in [0, 0.05) is 46.7 Å². The molecule has 0 unspecified atom stereocenters. The molecule has 0 spiro atoms. The van der Waals surface area contributed by atoms with E-state index in [1.165, 1.54) is 10.9 Å². The Balaban J connectivity index is 1.69. The van der Waals surface area contributed by atoms with Gasteiger partial charge < -0.3 is 20.1 Å². The summed E-state index contributed by atoms with van der Waals surface area (Å²) in [4.78, 5) is 5.50. The number of rotatable bonds is 3. The maximum Gasteiger partial charge on any atom is 0.141 e. The third kappa shape index (κ3) is 2.48. The minimum absolute atomic E-state index is 0.716. The fourth-order valence-electron chi connectivity index (χ4n) is 3.40. The summed E-state index contributed by atoms with van der Waals surface area (Å²) in [6.07, 6.45) is 6.14. The average Bonchev–Trinajstić information content (AvgIpc) is 3.14. The van der Waals surface area contributed by atoms with Crippen LogP contribution >= 0.6 is 0 Å². The van der Waals surface area contributed by atoms with Crippen LogP contribution in [0, 0.1) is 13.8 Å². The average molecular weight is 320 g/mol. The van der Waals surface area contributed by atoms with E-state index in [1.807, 2.05) is 26.1 Å². The zero-order valence-corrected chi connectivity index (χ0v) is 13.8. The van der Waals surface area contributed by atoms with Gasteiger partial charge >= 0.3 is 0 Å². The van der Waals surface area contributed by atoms with Crippen molar-refractivity contribution in [3.05, 3.63) is 71.0 Å². The molecule has 122 valence electrons. The minimum Gasteiger partial charge on any atom is -0.401 e. The summed E-state index contributed by atoms with van der Waals surface area (Å²) in [6, 6.07) is 8.45. The second kappa shape index (κ2) is 5.60. The van der Waals surface area contributed by atoms with Crippen molar-refractivity contribution >= 4 is 16.5 Å². The second-order valence-corrected chi connectivity index (χ2v) is 6.26. The van der Waals surface area contributed by atoms with Crippen LogP contribution in [0.5, 0.6) is 0 Å². The Hall–Kier alpha value is -2.95. The van der Waals surface area contributed by atoms with Crippen molar-refractivity contribution < 1.29 is 4.52 Å². The predicted octanol–water partition coefficient (Wildman–Crippen LogP) is 3.47. The second-order valence-electron chi connectivity index (χ2n) is 6.26. The van der Waals surface area contributed by atoms with Crippen LogP contribution in [-0.2, 0) is 6.54 Å². The Morgan fingerprint density at radius 1 is 1.29 bits per heavy atom. The molecule has 3 aromatic rings. The number of nitrogens with zero attached hydrogens (tertiary/aromatic N) is 2. The summed E-state index contributed by atoms with van der Waals surface area (Å²) in [7, 11) is 0. The molecule has 3 heterocycles. The van der Waals surface area contributed by atoms with Crippen LogP contribution in [0.15, 0.2) is 53.0 Å². The molecule has 5 heteroatoms. The first-order valence-corrected chi connectivity index (χ1v) is 8.02. The molecule has 0 fully saturated rings. The fraction of sp³-hybridized carbons (Fsp3) is 0.211. The maximum atomic E-state index is 6.19. The van der Waals surface area contributed by atoms with Crippen molar-refractivity contribution in [1.29, 1.82) is 0 Å². The Bertz CT molecular complexity index is 941. The van der Waals surface area contributed by atoms with Gasteiger partial charge in [0.15, 0.2) is 0 Å². The normalized spacial score (nSPS) is 14.8. The van der Waals surface area contributed by atoms with Gasteiger partial charge in [0.1, 0.15) is 5.76 Å². The summed E-state index contributed by atoms with van der Waals surface area (Å²) in [5, 5.41) is 5.30. The molecule has 0 saturated carbocycles. The van der Waals surface area contributed by atoms with Crippen molar-refractivity contribution in [1.82, 2.24) is 15.0 Å². The number of allylic oxidation sites excluding steroid dienone is 2. The predicted molar refractivity (Wildman–Crippen MR) is 94.9 cm³/mol. The van der Waals surface area contributed by atoms with Gasteiger partial charge in [0.05, 0.1) is 12.2 Å². The molecule has 0 radical (unpaired) electrons. The molecule has 1 aromatic carbocycles. The van der Waals surface area contributed by atoms with Crippen LogP contribution in [0.25, 0.3) is 16.5 Å². The third-order valence-corrected chi connectivity index (χ3v) is 4.43. The van der Waals surface area contributed by atoms with Gasteiger partial charge in [-0.2, -0.15) is 0 Å². The molecule has 1 aliphatic rings. The van der Waals surface area contributed by atoms with Crippen molar-refractivity contribution in [2.24, 2.45) is 5.73 Å². The lowest BCUT2D eigenvalue weighted by molar-refractivity contribution is 0.392. The summed E-state index contributed by atoms with van der Waals surface area (Å²) < 4.78 is 5.30. The number of aryl methyl sites for hydroxylation is 2. The molecule has 1 aliphatic heterocycles. The van der Waals surface area contributed by atoms with Gasteiger partial charge in [-0.3, -0.25) is 0 Å². The largest absolute Gasteiger partial charge is 0.401 e. The van der Waals surface area contributed by atoms with Gasteiger partial charge in [-0.25, -0.2) is 0 Å². The standard InChI is InChI=1S/C19H20N4O/c1-12-19(13(2)24-22-12)15-8-16(20)11-23(10-15)9-14-4-3-5-18-17(14)6-7-21-18/h3-8,10,21H,9,11,20H2,1-2H3. The van der Waals surface area contributed by atoms with Crippen LogP contribution in [-0.4, -0.2) is 21.6 Å². The molecule has 0 saturated heterocycles. The van der Waals surface area contributed by atoms with Gasteiger partial charge in [0.2, 0.25) is 0 Å². The topological polar surface area (TPSA) is 71.1 Å². The van der Waals surface area contributed by atoms with Crippen LogP contribution in [0.1, 0.15) is 22.6 Å². The number of nitrogens with two attached hydrogens (primary N) is 1. The van der Waals surface area contributed by atoms with E-state index in [2.05, 4.69) is 45.5 Å². The monoisotopic (exact) mass is 320 g/mol. The van der Waals surface area contributed by atoms with Gasteiger partial charge in [-0.1, -0.05) is 17.3 Å². The summed E-state index contributed by atoms with van der Waals surface area (Å²) >= 11 is 0. The number of fused-ring (bicyclic) bond motifs is 1. The zero-order chi connectivity index (χ0) is 16.7. The van der Waals surface area contributed by atoms with Gasteiger partial charge in [-0.15, -0.1) is 0 Å². The summed E-state index contributed by atoms with van der Waals surface area (Å²) in [6.45, 7) is 5.40. The van der Waals surface area contributed by atoms with Crippen molar-refractivity contribution in [3.8, 4) is 0 Å². The third-order valence-electron chi connectivity index (χ3n) is 4.43. The van der Waals surface area contributed by atoms with Crippen LogP contribution in [0.2, 0.25) is 0 Å². The molecule has 0 atom stereocenters. The number of H-pyrrole nitrogens is 1. The Morgan fingerprint density at radius 2 is 2.17 bits per heavy atom. The van der Waals surface area contributed by atoms with E-state index in [-0.39, 0.29) is 0 Å². The van der Waals surface area contributed by atoms with E-state index in [1.54, 1.807) is 0 Å². The highest BCUT2D eigenvalue weighted by atomic mass is 16.5. The molecular weight excluding hydrogens is 300 g/mol. The van der Waals surface area contributed by atoms with Crippen molar-refractivity contribution in [2.45, 2.75) is 20.4 Å². The molecule has 0 aliphatic carbocycles. The first-order valence-electron chi connectivity index (χ1n) is 8.02. The summed E-state index contributed by atoms with van der Waals surface area (Å²) in [5.41, 5.74) is 12.4. The molecule has 2 aromatic heterocycles. The van der Waals surface area contributed by atoms with E-state index < -0.39 is 0 Å². The Kier molecular flexibility index (Phi) is 3.41. The number of aromatic amines is 1.